The lowest BCUT2D eigenvalue weighted by atomic mass is 9.67. The number of ketones is 1. The SMILES string of the molecule is C=CCC12CC3(OCOC3=CC1=O)C(C)C2c1cc(O)c2c(c1)OCO2. The third-order valence-corrected chi connectivity index (χ3v) is 6.45. The third kappa shape index (κ3) is 1.72. The fourth-order valence-corrected chi connectivity index (χ4v) is 5.40. The van der Waals surface area contributed by atoms with Crippen molar-refractivity contribution in [3.8, 4) is 17.2 Å². The second-order valence-electron chi connectivity index (χ2n) is 7.53. The lowest BCUT2D eigenvalue weighted by Crippen LogP contribution is -2.39. The first kappa shape index (κ1) is 15.8. The average Bonchev–Trinajstić information content (AvgIpc) is 3.27. The van der Waals surface area contributed by atoms with Crippen molar-refractivity contribution in [2.45, 2.75) is 31.3 Å². The van der Waals surface area contributed by atoms with Gasteiger partial charge in [-0.05, 0) is 30.5 Å². The Morgan fingerprint density at radius 2 is 2.15 bits per heavy atom. The third-order valence-electron chi connectivity index (χ3n) is 6.45. The number of ether oxygens (including phenoxy) is 4. The van der Waals surface area contributed by atoms with Gasteiger partial charge in [0.1, 0.15) is 11.4 Å². The van der Waals surface area contributed by atoms with E-state index in [9.17, 15) is 9.90 Å². The van der Waals surface area contributed by atoms with Gasteiger partial charge in [0.05, 0.1) is 0 Å². The van der Waals surface area contributed by atoms with Crippen molar-refractivity contribution in [1.82, 2.24) is 0 Å². The summed E-state index contributed by atoms with van der Waals surface area (Å²) in [6.45, 7) is 6.19. The highest BCUT2D eigenvalue weighted by atomic mass is 16.7. The molecule has 1 saturated carbocycles. The van der Waals surface area contributed by atoms with Crippen LogP contribution in [0.15, 0.2) is 36.6 Å². The molecule has 2 bridgehead atoms. The Labute approximate surface area is 151 Å². The van der Waals surface area contributed by atoms with E-state index in [1.54, 1.807) is 18.2 Å². The molecule has 1 aromatic rings. The van der Waals surface area contributed by atoms with Crippen molar-refractivity contribution in [1.29, 1.82) is 0 Å². The number of hydrogen-bond acceptors (Lipinski definition) is 6. The Morgan fingerprint density at radius 1 is 1.31 bits per heavy atom. The van der Waals surface area contributed by atoms with Gasteiger partial charge in [-0.25, -0.2) is 0 Å². The van der Waals surface area contributed by atoms with Gasteiger partial charge in [-0.2, -0.15) is 0 Å². The topological polar surface area (TPSA) is 74.2 Å². The highest BCUT2D eigenvalue weighted by Gasteiger charge is 2.68. The van der Waals surface area contributed by atoms with E-state index in [-0.39, 0.29) is 37.0 Å². The minimum absolute atomic E-state index is 0.0116. The van der Waals surface area contributed by atoms with Crippen LogP contribution in [-0.4, -0.2) is 30.1 Å². The molecule has 4 aliphatic rings. The standard InChI is InChI=1S/C20H20O6/c1-3-4-19-8-20(16(7-15(19)22)24-10-26-20)11(2)17(19)12-5-13(21)18-14(6-12)23-9-25-18/h3,5-7,11,17,21H,1,4,8-10H2,2H3. The largest absolute Gasteiger partial charge is 0.504 e. The maximum Gasteiger partial charge on any atom is 0.231 e. The highest BCUT2D eigenvalue weighted by Crippen LogP contribution is 2.67. The van der Waals surface area contributed by atoms with E-state index in [2.05, 4.69) is 13.5 Å². The predicted octanol–water partition coefficient (Wildman–Crippen LogP) is 3.02. The summed E-state index contributed by atoms with van der Waals surface area (Å²) in [7, 11) is 0. The van der Waals surface area contributed by atoms with E-state index in [4.69, 9.17) is 18.9 Å². The van der Waals surface area contributed by atoms with Crippen LogP contribution in [0, 0.1) is 11.3 Å². The van der Waals surface area contributed by atoms with Crippen LogP contribution < -0.4 is 9.47 Å². The predicted molar refractivity (Wildman–Crippen MR) is 90.9 cm³/mol. The first-order chi connectivity index (χ1) is 12.5. The van der Waals surface area contributed by atoms with Gasteiger partial charge in [0.25, 0.3) is 0 Å². The maximum absolute atomic E-state index is 13.2. The van der Waals surface area contributed by atoms with E-state index < -0.39 is 11.0 Å². The minimum Gasteiger partial charge on any atom is -0.504 e. The second kappa shape index (κ2) is 5.04. The lowest BCUT2D eigenvalue weighted by Gasteiger charge is -2.35. The monoisotopic (exact) mass is 356 g/mol. The van der Waals surface area contributed by atoms with Crippen LogP contribution in [0.2, 0.25) is 0 Å². The molecule has 6 heteroatoms. The molecule has 4 unspecified atom stereocenters. The molecule has 0 aromatic heterocycles. The summed E-state index contributed by atoms with van der Waals surface area (Å²) in [5.41, 5.74) is -0.428. The molecule has 2 aliphatic heterocycles. The van der Waals surface area contributed by atoms with Crippen LogP contribution in [0.3, 0.4) is 0 Å². The number of benzene rings is 1. The molecule has 2 heterocycles. The van der Waals surface area contributed by atoms with Crippen LogP contribution in [0.25, 0.3) is 0 Å². The Kier molecular flexibility index (Phi) is 3.05. The first-order valence-electron chi connectivity index (χ1n) is 8.78. The van der Waals surface area contributed by atoms with Gasteiger partial charge >= 0.3 is 0 Å². The van der Waals surface area contributed by atoms with E-state index in [1.165, 1.54) is 0 Å². The zero-order valence-electron chi connectivity index (χ0n) is 14.5. The van der Waals surface area contributed by atoms with Crippen molar-refractivity contribution < 1.29 is 28.8 Å². The molecule has 1 aromatic carbocycles. The molecule has 6 nitrogen and oxygen atoms in total. The fraction of sp³-hybridized carbons (Fsp3) is 0.450. The van der Waals surface area contributed by atoms with Crippen LogP contribution >= 0.6 is 0 Å². The Morgan fingerprint density at radius 3 is 2.96 bits per heavy atom. The number of aromatic hydroxyl groups is 1. The normalized spacial score (nSPS) is 36.5. The van der Waals surface area contributed by atoms with Crippen molar-refractivity contribution in [3.63, 3.8) is 0 Å². The van der Waals surface area contributed by atoms with Crippen molar-refractivity contribution in [2.24, 2.45) is 11.3 Å². The Hall–Kier alpha value is -2.47. The molecule has 1 N–H and O–H groups in total. The minimum atomic E-state index is -0.668. The van der Waals surface area contributed by atoms with Crippen LogP contribution in [0.5, 0.6) is 17.2 Å². The molecule has 136 valence electrons. The van der Waals surface area contributed by atoms with Gasteiger partial charge in [0, 0.05) is 23.3 Å². The number of rotatable bonds is 3. The fourth-order valence-electron chi connectivity index (χ4n) is 5.40. The lowest BCUT2D eigenvalue weighted by molar-refractivity contribution is -0.126. The van der Waals surface area contributed by atoms with Crippen LogP contribution in [0.4, 0.5) is 0 Å². The molecule has 1 saturated heterocycles. The number of carbonyl (C=O) groups is 1. The average molecular weight is 356 g/mol. The van der Waals surface area contributed by atoms with E-state index in [0.717, 1.165) is 5.56 Å². The van der Waals surface area contributed by atoms with Crippen molar-refractivity contribution in [2.75, 3.05) is 13.6 Å². The van der Waals surface area contributed by atoms with Gasteiger partial charge < -0.3 is 24.1 Å². The number of hydrogen-bond donors (Lipinski definition) is 1. The molecule has 4 atom stereocenters. The number of fused-ring (bicyclic) bond motifs is 2. The molecule has 0 radical (unpaired) electrons. The summed E-state index contributed by atoms with van der Waals surface area (Å²) in [4.78, 5) is 13.2. The summed E-state index contributed by atoms with van der Waals surface area (Å²) in [5, 5.41) is 10.4. The summed E-state index contributed by atoms with van der Waals surface area (Å²) in [6, 6.07) is 3.55. The number of allylic oxidation sites excluding steroid dienone is 2. The molecule has 5 rings (SSSR count). The first-order valence-corrected chi connectivity index (χ1v) is 8.78. The van der Waals surface area contributed by atoms with Gasteiger partial charge in [0.15, 0.2) is 24.1 Å². The van der Waals surface area contributed by atoms with Gasteiger partial charge in [0.2, 0.25) is 12.5 Å². The molecule has 0 amide bonds. The van der Waals surface area contributed by atoms with Gasteiger partial charge in [-0.3, -0.25) is 4.79 Å². The Bertz CT molecular complexity index is 858. The van der Waals surface area contributed by atoms with E-state index in [0.29, 0.717) is 30.1 Å². The quantitative estimate of drug-likeness (QED) is 0.839. The van der Waals surface area contributed by atoms with Gasteiger partial charge in [-0.15, -0.1) is 6.58 Å². The molecule has 26 heavy (non-hydrogen) atoms. The smallest absolute Gasteiger partial charge is 0.231 e. The Balaban J connectivity index is 1.70. The van der Waals surface area contributed by atoms with Crippen molar-refractivity contribution >= 4 is 5.78 Å². The molecule has 2 fully saturated rings. The molecule has 2 aliphatic carbocycles. The molecular weight excluding hydrogens is 336 g/mol. The zero-order chi connectivity index (χ0) is 18.1. The second-order valence-corrected chi connectivity index (χ2v) is 7.53. The summed E-state index contributed by atoms with van der Waals surface area (Å²) < 4.78 is 22.5. The van der Waals surface area contributed by atoms with E-state index >= 15 is 0 Å². The number of carbonyl (C=O) groups excluding carboxylic acids is 1. The van der Waals surface area contributed by atoms with Crippen molar-refractivity contribution in [3.05, 3.63) is 42.2 Å². The number of phenols is 1. The molecule has 1 spiro atoms. The van der Waals surface area contributed by atoms with Crippen LogP contribution in [-0.2, 0) is 14.3 Å². The van der Waals surface area contributed by atoms with Crippen LogP contribution in [0.1, 0.15) is 31.2 Å². The summed E-state index contributed by atoms with van der Waals surface area (Å²) in [6.07, 6.45) is 4.48. The van der Waals surface area contributed by atoms with E-state index in [1.807, 2.05) is 6.07 Å². The zero-order valence-corrected chi connectivity index (χ0v) is 14.5. The maximum atomic E-state index is 13.2. The summed E-state index contributed by atoms with van der Waals surface area (Å²) >= 11 is 0. The summed E-state index contributed by atoms with van der Waals surface area (Å²) in [5.74, 6) is 1.36. The molecular formula is C20H20O6. The highest BCUT2D eigenvalue weighted by molar-refractivity contribution is 5.99. The number of phenolic OH excluding ortho intramolecular Hbond substituents is 1. The van der Waals surface area contributed by atoms with Gasteiger partial charge in [-0.1, -0.05) is 13.0 Å².